The van der Waals surface area contributed by atoms with E-state index in [-0.39, 0.29) is 17.4 Å². The van der Waals surface area contributed by atoms with E-state index in [1.165, 1.54) is 11.2 Å². The average Bonchev–Trinajstić information content (AvgIpc) is 2.39. The molecule has 0 N–H and O–H groups in total. The van der Waals surface area contributed by atoms with Crippen molar-refractivity contribution >= 4 is 11.5 Å². The van der Waals surface area contributed by atoms with Gasteiger partial charge in [0.05, 0.1) is 4.92 Å². The van der Waals surface area contributed by atoms with Crippen molar-refractivity contribution in [2.45, 2.75) is 0 Å². The predicted octanol–water partition coefficient (Wildman–Crippen LogP) is 2.24. The molecule has 0 saturated heterocycles. The molecule has 0 fully saturated rings. The van der Waals surface area contributed by atoms with Gasteiger partial charge in [0.25, 0.3) is 0 Å². The molecule has 7 heteroatoms. The first-order chi connectivity index (χ1) is 9.09. The largest absolute Gasteiger partial charge is 0.434 e. The Morgan fingerprint density at radius 1 is 1.21 bits per heavy atom. The fourth-order valence-corrected chi connectivity index (χ4v) is 1.52. The minimum atomic E-state index is -0.548. The molecule has 0 aliphatic heterocycles. The van der Waals surface area contributed by atoms with Gasteiger partial charge < -0.3 is 9.64 Å². The zero-order valence-electron chi connectivity index (χ0n) is 10.5. The number of anilines is 1. The van der Waals surface area contributed by atoms with Crippen molar-refractivity contribution in [2.75, 3.05) is 19.0 Å². The number of nitrogens with zero attached hydrogens (tertiary/aromatic N) is 4. The molecule has 1 heterocycles. The number of benzene rings is 1. The van der Waals surface area contributed by atoms with Crippen LogP contribution in [0.15, 0.2) is 36.7 Å². The van der Waals surface area contributed by atoms with Gasteiger partial charge in [0.15, 0.2) is 0 Å². The lowest BCUT2D eigenvalue weighted by Gasteiger charge is -2.12. The van der Waals surface area contributed by atoms with Crippen LogP contribution in [0.4, 0.5) is 11.5 Å². The Balaban J connectivity index is 2.45. The highest BCUT2D eigenvalue weighted by Gasteiger charge is 2.26. The molecule has 0 radical (unpaired) electrons. The summed E-state index contributed by atoms with van der Waals surface area (Å²) in [5.74, 6) is 0.606. The molecular formula is C12H12N4O3. The normalized spacial score (nSPS) is 10.0. The third kappa shape index (κ3) is 2.76. The second kappa shape index (κ2) is 5.30. The molecule has 2 rings (SSSR count). The third-order valence-electron chi connectivity index (χ3n) is 2.33. The van der Waals surface area contributed by atoms with Crippen molar-refractivity contribution < 1.29 is 9.66 Å². The van der Waals surface area contributed by atoms with E-state index in [0.29, 0.717) is 5.75 Å². The Bertz CT molecular complexity index is 587. The zero-order chi connectivity index (χ0) is 13.8. The predicted molar refractivity (Wildman–Crippen MR) is 69.5 cm³/mol. The van der Waals surface area contributed by atoms with E-state index in [4.69, 9.17) is 4.74 Å². The van der Waals surface area contributed by atoms with Crippen molar-refractivity contribution in [3.63, 3.8) is 0 Å². The van der Waals surface area contributed by atoms with Crippen LogP contribution in [0.3, 0.4) is 0 Å². The summed E-state index contributed by atoms with van der Waals surface area (Å²) in [6.45, 7) is 0. The van der Waals surface area contributed by atoms with Crippen LogP contribution in [-0.2, 0) is 0 Å². The molecule has 0 bridgehead atoms. The highest BCUT2D eigenvalue weighted by Crippen LogP contribution is 2.34. The van der Waals surface area contributed by atoms with Crippen LogP contribution >= 0.6 is 0 Å². The van der Waals surface area contributed by atoms with E-state index >= 15 is 0 Å². The summed E-state index contributed by atoms with van der Waals surface area (Å²) in [5.41, 5.74) is -0.253. The van der Waals surface area contributed by atoms with E-state index in [2.05, 4.69) is 9.97 Å². The van der Waals surface area contributed by atoms with Gasteiger partial charge in [-0.2, -0.15) is 4.98 Å². The standard InChI is InChI=1S/C12H12N4O3/c1-15(2)11-10(16(17)18)12(14-8-13-11)19-9-6-4-3-5-7-9/h3-8H,1-2H3. The molecule has 1 aromatic carbocycles. The van der Waals surface area contributed by atoms with Crippen molar-refractivity contribution in [1.29, 1.82) is 0 Å². The van der Waals surface area contributed by atoms with Gasteiger partial charge in [-0.25, -0.2) is 4.98 Å². The summed E-state index contributed by atoms with van der Waals surface area (Å²) in [6, 6.07) is 8.76. The monoisotopic (exact) mass is 260 g/mol. The summed E-state index contributed by atoms with van der Waals surface area (Å²) in [6.07, 6.45) is 1.24. The SMILES string of the molecule is CN(C)c1ncnc(Oc2ccccc2)c1[N+](=O)[O-]. The van der Waals surface area contributed by atoms with Crippen LogP contribution in [-0.4, -0.2) is 29.0 Å². The molecule has 7 nitrogen and oxygen atoms in total. The average molecular weight is 260 g/mol. The topological polar surface area (TPSA) is 81.4 Å². The Morgan fingerprint density at radius 2 is 1.89 bits per heavy atom. The Hall–Kier alpha value is -2.70. The quantitative estimate of drug-likeness (QED) is 0.619. The van der Waals surface area contributed by atoms with E-state index < -0.39 is 4.92 Å². The van der Waals surface area contributed by atoms with Gasteiger partial charge in [0.1, 0.15) is 12.1 Å². The molecule has 0 aliphatic rings. The Labute approximate surface area is 109 Å². The molecule has 98 valence electrons. The fourth-order valence-electron chi connectivity index (χ4n) is 1.52. The lowest BCUT2D eigenvalue weighted by molar-refractivity contribution is -0.385. The molecule has 0 atom stereocenters. The van der Waals surface area contributed by atoms with Crippen LogP contribution in [0.2, 0.25) is 0 Å². The van der Waals surface area contributed by atoms with Gasteiger partial charge in [0, 0.05) is 14.1 Å². The molecular weight excluding hydrogens is 248 g/mol. The number of hydrogen-bond donors (Lipinski definition) is 0. The molecule has 0 amide bonds. The minimum Gasteiger partial charge on any atom is -0.434 e. The first kappa shape index (κ1) is 12.7. The summed E-state index contributed by atoms with van der Waals surface area (Å²) in [7, 11) is 3.34. The zero-order valence-corrected chi connectivity index (χ0v) is 10.5. The van der Waals surface area contributed by atoms with Crippen LogP contribution in [0.5, 0.6) is 11.6 Å². The van der Waals surface area contributed by atoms with Crippen LogP contribution in [0.1, 0.15) is 0 Å². The minimum absolute atomic E-state index is 0.0742. The molecule has 0 spiro atoms. The van der Waals surface area contributed by atoms with Gasteiger partial charge >= 0.3 is 11.6 Å². The second-order valence-electron chi connectivity index (χ2n) is 3.92. The number of aromatic nitrogens is 2. The van der Waals surface area contributed by atoms with E-state index in [0.717, 1.165) is 0 Å². The van der Waals surface area contributed by atoms with Crippen molar-refractivity contribution in [3.8, 4) is 11.6 Å². The lowest BCUT2D eigenvalue weighted by Crippen LogP contribution is -2.14. The van der Waals surface area contributed by atoms with E-state index in [9.17, 15) is 10.1 Å². The van der Waals surface area contributed by atoms with Gasteiger partial charge in [-0.3, -0.25) is 10.1 Å². The van der Waals surface area contributed by atoms with Crippen molar-refractivity contribution in [1.82, 2.24) is 9.97 Å². The Kier molecular flexibility index (Phi) is 3.56. The molecule has 0 saturated carbocycles. The highest BCUT2D eigenvalue weighted by molar-refractivity contribution is 5.62. The summed E-state index contributed by atoms with van der Waals surface area (Å²) >= 11 is 0. The van der Waals surface area contributed by atoms with Crippen molar-refractivity contribution in [3.05, 3.63) is 46.8 Å². The smallest absolute Gasteiger partial charge is 0.373 e. The first-order valence-corrected chi connectivity index (χ1v) is 5.49. The number of rotatable bonds is 4. The van der Waals surface area contributed by atoms with Gasteiger partial charge in [-0.1, -0.05) is 18.2 Å². The summed E-state index contributed by atoms with van der Waals surface area (Å²) < 4.78 is 5.44. The van der Waals surface area contributed by atoms with E-state index in [1.807, 2.05) is 6.07 Å². The van der Waals surface area contributed by atoms with E-state index in [1.54, 1.807) is 38.4 Å². The molecule has 2 aromatic rings. The molecule has 1 aromatic heterocycles. The summed E-state index contributed by atoms with van der Waals surface area (Å²) in [5, 5.41) is 11.2. The van der Waals surface area contributed by atoms with Crippen molar-refractivity contribution in [2.24, 2.45) is 0 Å². The maximum absolute atomic E-state index is 11.2. The maximum atomic E-state index is 11.2. The van der Waals surface area contributed by atoms with Crippen LogP contribution in [0, 0.1) is 10.1 Å². The number of ether oxygens (including phenoxy) is 1. The molecule has 0 unspecified atom stereocenters. The summed E-state index contributed by atoms with van der Waals surface area (Å²) in [4.78, 5) is 19.9. The molecule has 19 heavy (non-hydrogen) atoms. The Morgan fingerprint density at radius 3 is 2.47 bits per heavy atom. The maximum Gasteiger partial charge on any atom is 0.373 e. The van der Waals surface area contributed by atoms with Crippen LogP contribution < -0.4 is 9.64 Å². The number of hydrogen-bond acceptors (Lipinski definition) is 6. The van der Waals surface area contributed by atoms with Gasteiger partial charge in [0.2, 0.25) is 5.82 Å². The lowest BCUT2D eigenvalue weighted by atomic mass is 10.3. The third-order valence-corrected chi connectivity index (χ3v) is 2.33. The second-order valence-corrected chi connectivity index (χ2v) is 3.92. The van der Waals surface area contributed by atoms with Gasteiger partial charge in [-0.05, 0) is 12.1 Å². The highest BCUT2D eigenvalue weighted by atomic mass is 16.6. The number of nitro groups is 1. The first-order valence-electron chi connectivity index (χ1n) is 5.49. The molecule has 0 aliphatic carbocycles. The number of para-hydroxylation sites is 1. The van der Waals surface area contributed by atoms with Crippen LogP contribution in [0.25, 0.3) is 0 Å². The van der Waals surface area contributed by atoms with Gasteiger partial charge in [-0.15, -0.1) is 0 Å². The fraction of sp³-hybridized carbons (Fsp3) is 0.167.